The first-order valence-electron chi connectivity index (χ1n) is 6.94. The molecule has 0 radical (unpaired) electrons. The van der Waals surface area contributed by atoms with E-state index in [0.717, 1.165) is 18.7 Å². The molecule has 1 aromatic carbocycles. The van der Waals surface area contributed by atoms with E-state index in [4.69, 9.17) is 18.0 Å². The van der Waals surface area contributed by atoms with E-state index >= 15 is 0 Å². The van der Waals surface area contributed by atoms with Crippen molar-refractivity contribution in [2.45, 2.75) is 47.2 Å². The van der Waals surface area contributed by atoms with E-state index in [1.165, 1.54) is 11.1 Å². The molecule has 1 aromatic rings. The lowest BCUT2D eigenvalue weighted by molar-refractivity contribution is 0.189. The van der Waals surface area contributed by atoms with Crippen LogP contribution in [-0.4, -0.2) is 22.5 Å². The zero-order valence-corrected chi connectivity index (χ0v) is 13.6. The lowest BCUT2D eigenvalue weighted by atomic mass is 10.0. The quantitative estimate of drug-likeness (QED) is 0.808. The minimum absolute atomic E-state index is 0.470. The van der Waals surface area contributed by atoms with Crippen molar-refractivity contribution in [2.24, 2.45) is 11.7 Å². The maximum Gasteiger partial charge on any atom is 0.103 e. The van der Waals surface area contributed by atoms with Crippen LogP contribution in [0.4, 0.5) is 0 Å². The summed E-state index contributed by atoms with van der Waals surface area (Å²) >= 11 is 5.02. The van der Waals surface area contributed by atoms with Gasteiger partial charge in [-0.1, -0.05) is 38.2 Å². The third-order valence-electron chi connectivity index (χ3n) is 3.33. The molecule has 0 fully saturated rings. The van der Waals surface area contributed by atoms with E-state index in [0.29, 0.717) is 16.9 Å². The second-order valence-corrected chi connectivity index (χ2v) is 6.36. The SMILES string of the molecule is Cc1cc(C(N)=S)ccc1CN(CC(C)C)C(C)C. The molecular weight excluding hydrogens is 252 g/mol. The minimum atomic E-state index is 0.470. The summed E-state index contributed by atoms with van der Waals surface area (Å²) in [7, 11) is 0. The van der Waals surface area contributed by atoms with Gasteiger partial charge in [-0.2, -0.15) is 0 Å². The van der Waals surface area contributed by atoms with Gasteiger partial charge in [0.25, 0.3) is 0 Å². The van der Waals surface area contributed by atoms with E-state index in [9.17, 15) is 0 Å². The first-order chi connectivity index (χ1) is 8.81. The van der Waals surface area contributed by atoms with Crippen LogP contribution in [0, 0.1) is 12.8 Å². The molecule has 0 atom stereocenters. The van der Waals surface area contributed by atoms with Crippen LogP contribution in [0.1, 0.15) is 44.4 Å². The van der Waals surface area contributed by atoms with Crippen LogP contribution >= 0.6 is 12.2 Å². The molecule has 1 rings (SSSR count). The maximum absolute atomic E-state index is 5.67. The highest BCUT2D eigenvalue weighted by Crippen LogP contribution is 2.16. The van der Waals surface area contributed by atoms with Crippen LogP contribution in [0.2, 0.25) is 0 Å². The molecule has 0 saturated heterocycles. The molecule has 0 unspecified atom stereocenters. The molecule has 0 bridgehead atoms. The first kappa shape index (κ1) is 16.1. The Morgan fingerprint density at radius 2 is 1.89 bits per heavy atom. The number of hydrogen-bond donors (Lipinski definition) is 1. The first-order valence-corrected chi connectivity index (χ1v) is 7.35. The summed E-state index contributed by atoms with van der Waals surface area (Å²) in [6.07, 6.45) is 0. The second-order valence-electron chi connectivity index (χ2n) is 5.92. The van der Waals surface area contributed by atoms with Crippen molar-refractivity contribution in [3.05, 3.63) is 34.9 Å². The number of aryl methyl sites for hydroxylation is 1. The molecule has 106 valence electrons. The van der Waals surface area contributed by atoms with Gasteiger partial charge in [0, 0.05) is 24.7 Å². The summed E-state index contributed by atoms with van der Waals surface area (Å²) in [5, 5.41) is 0. The lowest BCUT2D eigenvalue weighted by Gasteiger charge is -2.29. The number of nitrogens with zero attached hydrogens (tertiary/aromatic N) is 1. The van der Waals surface area contributed by atoms with E-state index in [-0.39, 0.29) is 0 Å². The van der Waals surface area contributed by atoms with Crippen molar-refractivity contribution in [3.63, 3.8) is 0 Å². The van der Waals surface area contributed by atoms with Gasteiger partial charge in [0.15, 0.2) is 0 Å². The predicted molar refractivity (Wildman–Crippen MR) is 87.5 cm³/mol. The van der Waals surface area contributed by atoms with Crippen molar-refractivity contribution in [1.82, 2.24) is 4.90 Å². The van der Waals surface area contributed by atoms with E-state index in [1.54, 1.807) is 0 Å². The molecule has 0 aromatic heterocycles. The van der Waals surface area contributed by atoms with Gasteiger partial charge in [0.2, 0.25) is 0 Å². The number of benzene rings is 1. The normalized spacial score (nSPS) is 11.6. The molecule has 2 nitrogen and oxygen atoms in total. The standard InChI is InChI=1S/C16H26N2S/c1-11(2)9-18(12(3)4)10-15-7-6-14(16(17)19)8-13(15)5/h6-8,11-12H,9-10H2,1-5H3,(H2,17,19). The Labute approximate surface area is 123 Å². The number of rotatable bonds is 6. The van der Waals surface area contributed by atoms with Gasteiger partial charge < -0.3 is 5.73 Å². The van der Waals surface area contributed by atoms with Crippen molar-refractivity contribution in [3.8, 4) is 0 Å². The van der Waals surface area contributed by atoms with Crippen LogP contribution < -0.4 is 5.73 Å². The summed E-state index contributed by atoms with van der Waals surface area (Å²) < 4.78 is 0. The molecular formula is C16H26N2S. The predicted octanol–water partition coefficient (Wildman–Crippen LogP) is 3.50. The summed E-state index contributed by atoms with van der Waals surface area (Å²) in [4.78, 5) is 2.98. The average Bonchev–Trinajstić information content (AvgIpc) is 2.29. The lowest BCUT2D eigenvalue weighted by Crippen LogP contribution is -2.33. The van der Waals surface area contributed by atoms with Crippen molar-refractivity contribution >= 4 is 17.2 Å². The van der Waals surface area contributed by atoms with E-state index < -0.39 is 0 Å². The number of hydrogen-bond acceptors (Lipinski definition) is 2. The third-order valence-corrected chi connectivity index (χ3v) is 3.57. The number of nitrogens with two attached hydrogens (primary N) is 1. The van der Waals surface area contributed by atoms with Gasteiger partial charge in [0.1, 0.15) is 4.99 Å². The molecule has 2 N–H and O–H groups in total. The summed E-state index contributed by atoms with van der Waals surface area (Å²) in [5.41, 5.74) is 9.24. The Hall–Kier alpha value is -0.930. The molecule has 0 amide bonds. The van der Waals surface area contributed by atoms with Crippen molar-refractivity contribution < 1.29 is 0 Å². The third kappa shape index (κ3) is 4.92. The highest BCUT2D eigenvalue weighted by atomic mass is 32.1. The maximum atomic E-state index is 5.67. The Kier molecular flexibility index (Phi) is 5.95. The summed E-state index contributed by atoms with van der Waals surface area (Å²) in [5.74, 6) is 0.679. The molecule has 3 heteroatoms. The average molecular weight is 278 g/mol. The Morgan fingerprint density at radius 1 is 1.26 bits per heavy atom. The molecule has 0 aliphatic rings. The molecule has 0 aliphatic heterocycles. The molecule has 0 spiro atoms. The van der Waals surface area contributed by atoms with Gasteiger partial charge in [-0.15, -0.1) is 0 Å². The second kappa shape index (κ2) is 7.01. The highest BCUT2D eigenvalue weighted by molar-refractivity contribution is 7.80. The van der Waals surface area contributed by atoms with Gasteiger partial charge in [-0.05, 0) is 43.9 Å². The fourth-order valence-corrected chi connectivity index (χ4v) is 2.30. The summed E-state index contributed by atoms with van der Waals surface area (Å²) in [6.45, 7) is 13.3. The van der Waals surface area contributed by atoms with Gasteiger partial charge in [0.05, 0.1) is 0 Å². The zero-order valence-electron chi connectivity index (χ0n) is 12.7. The fourth-order valence-electron chi connectivity index (χ4n) is 2.17. The van der Waals surface area contributed by atoms with Crippen molar-refractivity contribution in [1.29, 1.82) is 0 Å². The summed E-state index contributed by atoms with van der Waals surface area (Å²) in [6, 6.07) is 6.82. The van der Waals surface area contributed by atoms with Crippen LogP contribution in [0.5, 0.6) is 0 Å². The van der Waals surface area contributed by atoms with Gasteiger partial charge in [-0.3, -0.25) is 4.90 Å². The van der Waals surface area contributed by atoms with Crippen LogP contribution in [0.25, 0.3) is 0 Å². The molecule has 19 heavy (non-hydrogen) atoms. The minimum Gasteiger partial charge on any atom is -0.389 e. The van der Waals surface area contributed by atoms with Crippen LogP contribution in [0.3, 0.4) is 0 Å². The Bertz CT molecular complexity index is 438. The van der Waals surface area contributed by atoms with Crippen LogP contribution in [0.15, 0.2) is 18.2 Å². The van der Waals surface area contributed by atoms with Crippen LogP contribution in [-0.2, 0) is 6.54 Å². The number of thiocarbonyl (C=S) groups is 1. The largest absolute Gasteiger partial charge is 0.389 e. The molecule has 0 heterocycles. The topological polar surface area (TPSA) is 29.3 Å². The van der Waals surface area contributed by atoms with E-state index in [2.05, 4.69) is 51.7 Å². The smallest absolute Gasteiger partial charge is 0.103 e. The van der Waals surface area contributed by atoms with Gasteiger partial charge >= 0.3 is 0 Å². The Morgan fingerprint density at radius 3 is 2.32 bits per heavy atom. The van der Waals surface area contributed by atoms with Gasteiger partial charge in [-0.25, -0.2) is 0 Å². The molecule has 0 saturated carbocycles. The Balaban J connectivity index is 2.88. The van der Waals surface area contributed by atoms with E-state index in [1.807, 2.05) is 6.07 Å². The monoisotopic (exact) mass is 278 g/mol. The fraction of sp³-hybridized carbons (Fsp3) is 0.562. The van der Waals surface area contributed by atoms with Crippen molar-refractivity contribution in [2.75, 3.05) is 6.54 Å². The zero-order chi connectivity index (χ0) is 14.6. The highest BCUT2D eigenvalue weighted by Gasteiger charge is 2.13. The molecule has 0 aliphatic carbocycles.